The van der Waals surface area contributed by atoms with Crippen molar-refractivity contribution >= 4 is 11.9 Å². The number of ether oxygens (including phenoxy) is 3. The maximum absolute atomic E-state index is 12.7. The minimum Gasteiger partial charge on any atom is -0.462 e. The van der Waals surface area contributed by atoms with Gasteiger partial charge in [0, 0.05) is 19.4 Å². The molecule has 5 nitrogen and oxygen atoms in total. The summed E-state index contributed by atoms with van der Waals surface area (Å²) in [4.78, 5) is 25.2. The van der Waals surface area contributed by atoms with Crippen molar-refractivity contribution in [3.8, 4) is 0 Å². The summed E-state index contributed by atoms with van der Waals surface area (Å²) in [6.45, 7) is 7.59. The lowest BCUT2D eigenvalue weighted by molar-refractivity contribution is -0.162. The van der Waals surface area contributed by atoms with E-state index in [9.17, 15) is 9.59 Å². The standard InChI is InChI=1S/C53H90O5/c1-4-7-10-13-16-19-22-24-25-26-27-28-29-30-32-34-37-40-43-46-52(54)57-50-51(49-56-48-45-42-39-36-33-23-20-17-14-11-8-5-2)58-53(55)47-44-41-38-35-31-21-18-15-12-9-6-3/h7,10,15-16,18-19,24-25,27-28,30,32,37,40,51H,4-6,8-9,11-14,17,20-23,26,29,31,33-36,38-39,41-50H2,1-3H3/b10-7-,18-15-,19-16-,25-24-,28-27-,32-30-,40-37-. The van der Waals surface area contributed by atoms with Gasteiger partial charge in [0.15, 0.2) is 6.10 Å². The Balaban J connectivity index is 4.36. The van der Waals surface area contributed by atoms with Gasteiger partial charge in [0.1, 0.15) is 6.61 Å². The van der Waals surface area contributed by atoms with Crippen LogP contribution in [0.15, 0.2) is 85.1 Å². The lowest BCUT2D eigenvalue weighted by atomic mass is 10.1. The van der Waals surface area contributed by atoms with E-state index in [2.05, 4.69) is 99.8 Å². The monoisotopic (exact) mass is 807 g/mol. The molecular weight excluding hydrogens is 717 g/mol. The smallest absolute Gasteiger partial charge is 0.306 e. The van der Waals surface area contributed by atoms with Gasteiger partial charge in [-0.15, -0.1) is 0 Å². The Morgan fingerprint density at radius 3 is 1.36 bits per heavy atom. The van der Waals surface area contributed by atoms with Crippen LogP contribution in [0.1, 0.15) is 213 Å². The van der Waals surface area contributed by atoms with Crippen LogP contribution in [-0.2, 0) is 23.8 Å². The van der Waals surface area contributed by atoms with E-state index in [1.54, 1.807) is 0 Å². The quantitative estimate of drug-likeness (QED) is 0.0349. The second kappa shape index (κ2) is 48.4. The van der Waals surface area contributed by atoms with E-state index in [0.717, 1.165) is 77.0 Å². The van der Waals surface area contributed by atoms with Crippen LogP contribution >= 0.6 is 0 Å². The maximum atomic E-state index is 12.7. The summed E-state index contributed by atoms with van der Waals surface area (Å²) in [6.07, 6.45) is 63.1. The summed E-state index contributed by atoms with van der Waals surface area (Å²) in [7, 11) is 0. The second-order valence-corrected chi connectivity index (χ2v) is 15.6. The van der Waals surface area contributed by atoms with Crippen LogP contribution in [0.5, 0.6) is 0 Å². The van der Waals surface area contributed by atoms with Gasteiger partial charge in [-0.05, 0) is 77.0 Å². The van der Waals surface area contributed by atoms with Crippen LogP contribution in [0.25, 0.3) is 0 Å². The molecule has 0 saturated carbocycles. The first-order chi connectivity index (χ1) is 28.6. The summed E-state index contributed by atoms with van der Waals surface area (Å²) in [5.74, 6) is -0.506. The third-order valence-corrected chi connectivity index (χ3v) is 9.93. The van der Waals surface area contributed by atoms with Crippen molar-refractivity contribution in [2.75, 3.05) is 19.8 Å². The fourth-order valence-electron chi connectivity index (χ4n) is 6.34. The van der Waals surface area contributed by atoms with Gasteiger partial charge in [0.25, 0.3) is 0 Å². The first kappa shape index (κ1) is 55.1. The highest BCUT2D eigenvalue weighted by atomic mass is 16.6. The molecule has 0 spiro atoms. The van der Waals surface area contributed by atoms with Crippen molar-refractivity contribution in [3.05, 3.63) is 85.1 Å². The van der Waals surface area contributed by atoms with E-state index in [4.69, 9.17) is 14.2 Å². The molecule has 0 aliphatic rings. The van der Waals surface area contributed by atoms with Gasteiger partial charge >= 0.3 is 11.9 Å². The molecule has 0 N–H and O–H groups in total. The van der Waals surface area contributed by atoms with E-state index >= 15 is 0 Å². The minimum atomic E-state index is -0.570. The third kappa shape index (κ3) is 45.8. The maximum Gasteiger partial charge on any atom is 0.306 e. The normalized spacial score (nSPS) is 12.9. The van der Waals surface area contributed by atoms with Gasteiger partial charge in [-0.2, -0.15) is 0 Å². The average Bonchev–Trinajstić information content (AvgIpc) is 3.22. The highest BCUT2D eigenvalue weighted by Gasteiger charge is 2.17. The molecule has 58 heavy (non-hydrogen) atoms. The highest BCUT2D eigenvalue weighted by molar-refractivity contribution is 5.70. The fourth-order valence-corrected chi connectivity index (χ4v) is 6.34. The van der Waals surface area contributed by atoms with Crippen LogP contribution in [-0.4, -0.2) is 37.9 Å². The Hall–Kier alpha value is -2.92. The Labute approximate surface area is 359 Å². The molecule has 1 unspecified atom stereocenters. The zero-order chi connectivity index (χ0) is 42.1. The molecule has 0 amide bonds. The Kier molecular flexibility index (Phi) is 46.0. The Morgan fingerprint density at radius 1 is 0.397 bits per heavy atom. The zero-order valence-corrected chi connectivity index (χ0v) is 38.0. The molecule has 0 aromatic carbocycles. The van der Waals surface area contributed by atoms with Crippen molar-refractivity contribution < 1.29 is 23.8 Å². The Bertz CT molecular complexity index is 1090. The van der Waals surface area contributed by atoms with Crippen LogP contribution in [0.2, 0.25) is 0 Å². The average molecular weight is 807 g/mol. The van der Waals surface area contributed by atoms with Crippen molar-refractivity contribution in [2.45, 2.75) is 219 Å². The molecule has 0 bridgehead atoms. The van der Waals surface area contributed by atoms with Gasteiger partial charge in [-0.3, -0.25) is 9.59 Å². The largest absolute Gasteiger partial charge is 0.462 e. The summed E-state index contributed by atoms with van der Waals surface area (Å²) >= 11 is 0. The lowest BCUT2D eigenvalue weighted by Crippen LogP contribution is -2.30. The van der Waals surface area contributed by atoms with E-state index in [1.165, 1.54) is 96.3 Å². The molecule has 0 aliphatic heterocycles. The number of rotatable bonds is 43. The molecule has 0 radical (unpaired) electrons. The van der Waals surface area contributed by atoms with E-state index in [1.807, 2.05) is 6.08 Å². The van der Waals surface area contributed by atoms with Crippen molar-refractivity contribution in [2.24, 2.45) is 0 Å². The molecule has 0 aromatic rings. The molecule has 1 atom stereocenters. The molecule has 332 valence electrons. The van der Waals surface area contributed by atoms with Gasteiger partial charge in [-0.1, -0.05) is 209 Å². The molecule has 5 heteroatoms. The number of allylic oxidation sites excluding steroid dienone is 14. The predicted octanol–water partition coefficient (Wildman–Crippen LogP) is 16.1. The molecule has 0 heterocycles. The first-order valence-corrected chi connectivity index (χ1v) is 24.1. The fraction of sp³-hybridized carbons (Fsp3) is 0.698. The van der Waals surface area contributed by atoms with E-state index in [-0.39, 0.29) is 25.2 Å². The lowest BCUT2D eigenvalue weighted by Gasteiger charge is -2.18. The highest BCUT2D eigenvalue weighted by Crippen LogP contribution is 2.13. The first-order valence-electron chi connectivity index (χ1n) is 24.1. The SMILES string of the molecule is CC/C=C\C/C=C\C/C=C\C/C=C\C/C=C\C/C=C\CCC(=O)OCC(COCCCCCCCCCCCCCC)OC(=O)CCCCCCC/C=C\CCCC. The van der Waals surface area contributed by atoms with Gasteiger partial charge in [0.2, 0.25) is 0 Å². The summed E-state index contributed by atoms with van der Waals surface area (Å²) in [6, 6.07) is 0. The topological polar surface area (TPSA) is 61.8 Å². The summed E-state index contributed by atoms with van der Waals surface area (Å²) in [5.41, 5.74) is 0. The van der Waals surface area contributed by atoms with Gasteiger partial charge in [0.05, 0.1) is 6.61 Å². The predicted molar refractivity (Wildman–Crippen MR) is 251 cm³/mol. The van der Waals surface area contributed by atoms with Crippen LogP contribution in [0, 0.1) is 0 Å². The van der Waals surface area contributed by atoms with Crippen LogP contribution in [0.3, 0.4) is 0 Å². The third-order valence-electron chi connectivity index (χ3n) is 9.93. The molecule has 0 aliphatic carbocycles. The van der Waals surface area contributed by atoms with Crippen molar-refractivity contribution in [3.63, 3.8) is 0 Å². The number of hydrogen-bond acceptors (Lipinski definition) is 5. The van der Waals surface area contributed by atoms with Crippen molar-refractivity contribution in [1.82, 2.24) is 0 Å². The molecule has 0 aromatic heterocycles. The van der Waals surface area contributed by atoms with Crippen LogP contribution in [0.4, 0.5) is 0 Å². The van der Waals surface area contributed by atoms with Gasteiger partial charge in [-0.25, -0.2) is 0 Å². The molecule has 0 rings (SSSR count). The van der Waals surface area contributed by atoms with Crippen LogP contribution < -0.4 is 0 Å². The number of unbranched alkanes of at least 4 members (excludes halogenated alkanes) is 18. The number of carbonyl (C=O) groups excluding carboxylic acids is 2. The number of carbonyl (C=O) groups is 2. The van der Waals surface area contributed by atoms with E-state index < -0.39 is 6.10 Å². The minimum absolute atomic E-state index is 0.0402. The van der Waals surface area contributed by atoms with Gasteiger partial charge < -0.3 is 14.2 Å². The van der Waals surface area contributed by atoms with Crippen molar-refractivity contribution in [1.29, 1.82) is 0 Å². The number of hydrogen-bond donors (Lipinski definition) is 0. The Morgan fingerprint density at radius 2 is 0.828 bits per heavy atom. The summed E-state index contributed by atoms with van der Waals surface area (Å²) < 4.78 is 17.3. The molecule has 0 fully saturated rings. The molecule has 0 saturated heterocycles. The number of esters is 2. The zero-order valence-electron chi connectivity index (χ0n) is 38.0. The van der Waals surface area contributed by atoms with E-state index in [0.29, 0.717) is 25.9 Å². The molecular formula is C53H90O5. The second-order valence-electron chi connectivity index (χ2n) is 15.6. The summed E-state index contributed by atoms with van der Waals surface area (Å²) in [5, 5.41) is 0.